The Hall–Kier alpha value is -2.07. The van der Waals surface area contributed by atoms with Crippen molar-refractivity contribution in [2.45, 2.75) is 33.6 Å². The van der Waals surface area contributed by atoms with Gasteiger partial charge in [0, 0.05) is 37.6 Å². The number of benzene rings is 2. The molecule has 1 saturated heterocycles. The van der Waals surface area contributed by atoms with E-state index in [1.807, 2.05) is 0 Å². The summed E-state index contributed by atoms with van der Waals surface area (Å²) < 4.78 is 0. The summed E-state index contributed by atoms with van der Waals surface area (Å²) in [7, 11) is 0. The topological polar surface area (TPSA) is 18.5 Å². The minimum atomic E-state index is 0.550. The first kappa shape index (κ1) is 18.7. The summed E-state index contributed by atoms with van der Waals surface area (Å²) in [6.07, 6.45) is 0. The highest BCUT2D eigenvalue weighted by Crippen LogP contribution is 2.24. The number of piperazine rings is 1. The van der Waals surface area contributed by atoms with E-state index in [0.29, 0.717) is 5.92 Å². The number of hydrogen-bond donors (Lipinski definition) is 1. The quantitative estimate of drug-likeness (QED) is 0.774. The van der Waals surface area contributed by atoms with E-state index in [4.69, 9.17) is 12.2 Å². The van der Waals surface area contributed by atoms with Gasteiger partial charge < -0.3 is 15.1 Å². The van der Waals surface area contributed by atoms with Gasteiger partial charge in [-0.2, -0.15) is 0 Å². The molecule has 0 amide bonds. The van der Waals surface area contributed by atoms with Gasteiger partial charge in [0.1, 0.15) is 0 Å². The van der Waals surface area contributed by atoms with Gasteiger partial charge >= 0.3 is 0 Å². The Labute approximate surface area is 163 Å². The molecule has 1 heterocycles. The van der Waals surface area contributed by atoms with E-state index in [1.165, 1.54) is 22.4 Å². The van der Waals surface area contributed by atoms with Crippen molar-refractivity contribution in [3.63, 3.8) is 0 Å². The highest BCUT2D eigenvalue weighted by Gasteiger charge is 2.20. The Balaban J connectivity index is 1.57. The first-order chi connectivity index (χ1) is 12.5. The van der Waals surface area contributed by atoms with Gasteiger partial charge in [0.05, 0.1) is 0 Å². The third-order valence-corrected chi connectivity index (χ3v) is 5.67. The number of thiocarbonyl (C=S) groups is 1. The minimum Gasteiger partial charge on any atom is -0.368 e. The number of anilines is 2. The Morgan fingerprint density at radius 2 is 1.62 bits per heavy atom. The molecule has 0 spiro atoms. The Kier molecular flexibility index (Phi) is 5.82. The van der Waals surface area contributed by atoms with Crippen molar-refractivity contribution in [3.05, 3.63) is 59.2 Å². The van der Waals surface area contributed by atoms with Crippen LogP contribution in [0, 0.1) is 13.8 Å². The molecule has 2 aromatic rings. The largest absolute Gasteiger partial charge is 0.368 e. The maximum absolute atomic E-state index is 5.64. The first-order valence-corrected chi connectivity index (χ1v) is 9.83. The molecule has 0 atom stereocenters. The predicted molar refractivity (Wildman–Crippen MR) is 116 cm³/mol. The lowest BCUT2D eigenvalue weighted by atomic mass is 10.0. The van der Waals surface area contributed by atoms with E-state index in [-0.39, 0.29) is 0 Å². The van der Waals surface area contributed by atoms with Crippen LogP contribution < -0.4 is 10.2 Å². The lowest BCUT2D eigenvalue weighted by molar-refractivity contribution is 0.390. The van der Waals surface area contributed by atoms with E-state index < -0.39 is 0 Å². The van der Waals surface area contributed by atoms with Crippen LogP contribution in [0.2, 0.25) is 0 Å². The SMILES string of the molecule is Cc1cccc(N2CCN(C(=S)Nc3ccc(C(C)C)cc3)CC2)c1C. The van der Waals surface area contributed by atoms with Crippen LogP contribution in [-0.4, -0.2) is 36.2 Å². The van der Waals surface area contributed by atoms with Crippen LogP contribution >= 0.6 is 12.2 Å². The highest BCUT2D eigenvalue weighted by molar-refractivity contribution is 7.80. The van der Waals surface area contributed by atoms with Crippen molar-refractivity contribution in [2.75, 3.05) is 36.4 Å². The summed E-state index contributed by atoms with van der Waals surface area (Å²) in [6, 6.07) is 15.1. The summed E-state index contributed by atoms with van der Waals surface area (Å²) in [5.74, 6) is 0.550. The molecule has 138 valence electrons. The van der Waals surface area contributed by atoms with Crippen LogP contribution in [0.3, 0.4) is 0 Å². The lowest BCUT2D eigenvalue weighted by Crippen LogP contribution is -2.50. The van der Waals surface area contributed by atoms with Crippen LogP contribution in [0.4, 0.5) is 11.4 Å². The van der Waals surface area contributed by atoms with Gasteiger partial charge in [-0.3, -0.25) is 0 Å². The van der Waals surface area contributed by atoms with Crippen LogP contribution in [0.15, 0.2) is 42.5 Å². The van der Waals surface area contributed by atoms with Gasteiger partial charge in [0.15, 0.2) is 5.11 Å². The van der Waals surface area contributed by atoms with Crippen molar-refractivity contribution >= 4 is 28.7 Å². The van der Waals surface area contributed by atoms with E-state index in [0.717, 1.165) is 37.0 Å². The average Bonchev–Trinajstić information content (AvgIpc) is 2.64. The van der Waals surface area contributed by atoms with Gasteiger partial charge in [0.2, 0.25) is 0 Å². The van der Waals surface area contributed by atoms with Crippen LogP contribution in [0.5, 0.6) is 0 Å². The van der Waals surface area contributed by atoms with Crippen molar-refractivity contribution in [3.8, 4) is 0 Å². The second-order valence-corrected chi connectivity index (χ2v) is 7.79. The van der Waals surface area contributed by atoms with Crippen molar-refractivity contribution in [1.82, 2.24) is 4.90 Å². The van der Waals surface area contributed by atoms with Crippen LogP contribution in [-0.2, 0) is 0 Å². The molecule has 1 fully saturated rings. The molecule has 1 N–H and O–H groups in total. The number of nitrogens with one attached hydrogen (secondary N) is 1. The molecule has 0 unspecified atom stereocenters. The standard InChI is InChI=1S/C22H29N3S/c1-16(2)19-8-10-20(11-9-19)23-22(26)25-14-12-24(13-15-25)21-7-5-6-17(3)18(21)4/h5-11,16H,12-15H2,1-4H3,(H,23,26). The maximum atomic E-state index is 5.64. The zero-order valence-electron chi connectivity index (χ0n) is 16.2. The molecule has 0 saturated carbocycles. The zero-order valence-corrected chi connectivity index (χ0v) is 17.1. The fourth-order valence-electron chi connectivity index (χ4n) is 3.38. The van der Waals surface area contributed by atoms with Gasteiger partial charge in [-0.15, -0.1) is 0 Å². The van der Waals surface area contributed by atoms with Crippen molar-refractivity contribution in [1.29, 1.82) is 0 Å². The van der Waals surface area contributed by atoms with Gasteiger partial charge in [-0.05, 0) is 66.9 Å². The van der Waals surface area contributed by atoms with E-state index in [9.17, 15) is 0 Å². The van der Waals surface area contributed by atoms with Crippen molar-refractivity contribution < 1.29 is 0 Å². The van der Waals surface area contributed by atoms with Gasteiger partial charge in [-0.1, -0.05) is 38.1 Å². The molecule has 4 heteroatoms. The normalized spacial score (nSPS) is 14.7. The molecule has 0 bridgehead atoms. The van der Waals surface area contributed by atoms with Gasteiger partial charge in [0.25, 0.3) is 0 Å². The smallest absolute Gasteiger partial charge is 0.173 e. The third kappa shape index (κ3) is 4.18. The van der Waals surface area contributed by atoms with Crippen molar-refractivity contribution in [2.24, 2.45) is 0 Å². The first-order valence-electron chi connectivity index (χ1n) is 9.43. The molecule has 3 rings (SSSR count). The van der Waals surface area contributed by atoms with E-state index in [1.54, 1.807) is 0 Å². The molecule has 2 aromatic carbocycles. The molecular weight excluding hydrogens is 338 g/mol. The summed E-state index contributed by atoms with van der Waals surface area (Å²) in [4.78, 5) is 4.74. The highest BCUT2D eigenvalue weighted by atomic mass is 32.1. The lowest BCUT2D eigenvalue weighted by Gasteiger charge is -2.38. The minimum absolute atomic E-state index is 0.550. The second kappa shape index (κ2) is 8.09. The number of nitrogens with zero attached hydrogens (tertiary/aromatic N) is 2. The van der Waals surface area contributed by atoms with E-state index in [2.05, 4.69) is 85.3 Å². The van der Waals surface area contributed by atoms with Crippen LogP contribution in [0.25, 0.3) is 0 Å². The Bertz CT molecular complexity index is 759. The molecule has 1 aliphatic rings. The fraction of sp³-hybridized carbons (Fsp3) is 0.409. The monoisotopic (exact) mass is 367 g/mol. The summed E-state index contributed by atoms with van der Waals surface area (Å²) in [6.45, 7) is 12.7. The molecule has 0 radical (unpaired) electrons. The summed E-state index contributed by atoms with van der Waals surface area (Å²) >= 11 is 5.64. The second-order valence-electron chi connectivity index (χ2n) is 7.40. The number of hydrogen-bond acceptors (Lipinski definition) is 2. The molecule has 3 nitrogen and oxygen atoms in total. The fourth-order valence-corrected chi connectivity index (χ4v) is 3.68. The summed E-state index contributed by atoms with van der Waals surface area (Å²) in [5.41, 5.74) is 6.51. The Morgan fingerprint density at radius 3 is 2.23 bits per heavy atom. The molecule has 26 heavy (non-hydrogen) atoms. The van der Waals surface area contributed by atoms with Crippen LogP contribution in [0.1, 0.15) is 36.5 Å². The molecule has 0 aromatic heterocycles. The average molecular weight is 368 g/mol. The molecular formula is C22H29N3S. The number of aryl methyl sites for hydroxylation is 1. The summed E-state index contributed by atoms with van der Waals surface area (Å²) in [5, 5.41) is 4.21. The van der Waals surface area contributed by atoms with E-state index >= 15 is 0 Å². The predicted octanol–water partition coefficient (Wildman–Crippen LogP) is 4.95. The molecule has 0 aliphatic carbocycles. The molecule has 1 aliphatic heterocycles. The maximum Gasteiger partial charge on any atom is 0.173 e. The Morgan fingerprint density at radius 1 is 0.962 bits per heavy atom. The van der Waals surface area contributed by atoms with Gasteiger partial charge in [-0.25, -0.2) is 0 Å². The third-order valence-electron chi connectivity index (χ3n) is 5.31. The number of rotatable bonds is 3. The zero-order chi connectivity index (χ0) is 18.7.